The number of alkyl halides is 3. The summed E-state index contributed by atoms with van der Waals surface area (Å²) < 4.78 is 39.5. The maximum atomic E-state index is 12.0. The first-order valence-electron chi connectivity index (χ1n) is 4.11. The fourth-order valence-electron chi connectivity index (χ4n) is 1.14. The summed E-state index contributed by atoms with van der Waals surface area (Å²) in [6.07, 6.45) is -4.92. The van der Waals surface area contributed by atoms with Gasteiger partial charge in [0, 0.05) is 6.07 Å². The van der Waals surface area contributed by atoms with Gasteiger partial charge in [-0.15, -0.1) is 13.2 Å². The fraction of sp³-hybridized carbons (Fsp3) is 0.250. The van der Waals surface area contributed by atoms with Crippen molar-refractivity contribution in [1.82, 2.24) is 4.98 Å². The third-order valence-corrected chi connectivity index (χ3v) is 1.68. The first-order valence-corrected chi connectivity index (χ1v) is 4.11. The number of ether oxygens (including phenoxy) is 1. The molecule has 6 nitrogen and oxygen atoms in total. The summed E-state index contributed by atoms with van der Waals surface area (Å²) in [5, 5.41) is 10.6. The molecule has 1 aromatic heterocycles. The van der Waals surface area contributed by atoms with Crippen molar-refractivity contribution in [3.05, 3.63) is 27.6 Å². The molecule has 0 aliphatic carbocycles. The van der Waals surface area contributed by atoms with E-state index in [-0.39, 0.29) is 17.7 Å². The molecule has 0 N–H and O–H groups in total. The monoisotopic (exact) mass is 250 g/mol. The topological polar surface area (TPSA) is 82.3 Å². The van der Waals surface area contributed by atoms with Gasteiger partial charge in [0.15, 0.2) is 6.29 Å². The summed E-state index contributed by atoms with van der Waals surface area (Å²) in [5.41, 5.74) is -1.64. The number of hydrogen-bond acceptors (Lipinski definition) is 5. The predicted octanol–water partition coefficient (Wildman–Crippen LogP) is 2.01. The lowest BCUT2D eigenvalue weighted by Gasteiger charge is -2.10. The van der Waals surface area contributed by atoms with E-state index in [0.717, 1.165) is 6.92 Å². The highest BCUT2D eigenvalue weighted by molar-refractivity contribution is 5.74. The first kappa shape index (κ1) is 12.9. The number of aldehydes is 1. The van der Waals surface area contributed by atoms with Crippen molar-refractivity contribution in [2.45, 2.75) is 13.3 Å². The van der Waals surface area contributed by atoms with Crippen molar-refractivity contribution < 1.29 is 27.6 Å². The lowest BCUT2D eigenvalue weighted by atomic mass is 10.2. The van der Waals surface area contributed by atoms with Crippen LogP contribution in [0, 0.1) is 17.0 Å². The summed E-state index contributed by atoms with van der Waals surface area (Å²) in [5.74, 6) is -1.06. The maximum Gasteiger partial charge on any atom is 0.573 e. The summed E-state index contributed by atoms with van der Waals surface area (Å²) in [6.45, 7) is 1.11. The van der Waals surface area contributed by atoms with Crippen LogP contribution in [-0.2, 0) is 0 Å². The molecule has 1 aromatic rings. The number of pyridine rings is 1. The van der Waals surface area contributed by atoms with Crippen LogP contribution in [0.2, 0.25) is 0 Å². The van der Waals surface area contributed by atoms with E-state index >= 15 is 0 Å². The molecule has 0 saturated heterocycles. The molecule has 0 saturated carbocycles. The summed E-state index contributed by atoms with van der Waals surface area (Å²) in [4.78, 5) is 23.3. The number of rotatable bonds is 3. The maximum absolute atomic E-state index is 12.0. The van der Waals surface area contributed by atoms with Crippen molar-refractivity contribution in [3.63, 3.8) is 0 Å². The van der Waals surface area contributed by atoms with E-state index < -0.39 is 22.7 Å². The van der Waals surface area contributed by atoms with Crippen molar-refractivity contribution in [2.24, 2.45) is 0 Å². The summed E-state index contributed by atoms with van der Waals surface area (Å²) in [6, 6.07) is 0.561. The highest BCUT2D eigenvalue weighted by Gasteiger charge is 2.35. The van der Waals surface area contributed by atoms with Gasteiger partial charge in [-0.25, -0.2) is 4.98 Å². The lowest BCUT2D eigenvalue weighted by molar-refractivity contribution is -0.389. The minimum atomic E-state index is -5.08. The van der Waals surface area contributed by atoms with Crippen LogP contribution >= 0.6 is 0 Å². The van der Waals surface area contributed by atoms with E-state index in [1.807, 2.05) is 0 Å². The van der Waals surface area contributed by atoms with Gasteiger partial charge in [-0.2, -0.15) is 0 Å². The molecule has 0 aromatic carbocycles. The van der Waals surface area contributed by atoms with E-state index in [2.05, 4.69) is 9.72 Å². The van der Waals surface area contributed by atoms with Crippen LogP contribution in [0.1, 0.15) is 16.2 Å². The zero-order valence-corrected chi connectivity index (χ0v) is 8.32. The molecular weight excluding hydrogens is 245 g/mol. The zero-order chi connectivity index (χ0) is 13.2. The van der Waals surface area contributed by atoms with Gasteiger partial charge in [-0.05, 0) is 6.92 Å². The quantitative estimate of drug-likeness (QED) is 0.465. The number of carbonyl (C=O) groups is 1. The van der Waals surface area contributed by atoms with E-state index in [9.17, 15) is 28.1 Å². The van der Waals surface area contributed by atoms with Crippen LogP contribution < -0.4 is 4.74 Å². The Balaban J connectivity index is 3.37. The number of nitro groups is 1. The van der Waals surface area contributed by atoms with Gasteiger partial charge in [0.25, 0.3) is 0 Å². The van der Waals surface area contributed by atoms with Gasteiger partial charge in [0.1, 0.15) is 11.4 Å². The van der Waals surface area contributed by atoms with Crippen molar-refractivity contribution in [1.29, 1.82) is 0 Å². The molecule has 0 bridgehead atoms. The van der Waals surface area contributed by atoms with Crippen molar-refractivity contribution >= 4 is 12.0 Å². The molecule has 0 amide bonds. The van der Waals surface area contributed by atoms with Crippen LogP contribution in [0.5, 0.6) is 5.75 Å². The van der Waals surface area contributed by atoms with Crippen LogP contribution in [0.15, 0.2) is 6.07 Å². The first-order chi connectivity index (χ1) is 7.74. The van der Waals surface area contributed by atoms with Crippen LogP contribution in [0.4, 0.5) is 18.9 Å². The highest BCUT2D eigenvalue weighted by Crippen LogP contribution is 2.33. The second-order valence-electron chi connectivity index (χ2n) is 2.90. The Morgan fingerprint density at radius 2 is 2.12 bits per heavy atom. The van der Waals surface area contributed by atoms with E-state index in [4.69, 9.17) is 0 Å². The average molecular weight is 250 g/mol. The van der Waals surface area contributed by atoms with Crippen LogP contribution in [0.25, 0.3) is 0 Å². The Morgan fingerprint density at radius 1 is 1.53 bits per heavy atom. The third-order valence-electron chi connectivity index (χ3n) is 1.68. The van der Waals surface area contributed by atoms with Gasteiger partial charge in [0.2, 0.25) is 5.75 Å². The van der Waals surface area contributed by atoms with Crippen LogP contribution in [-0.4, -0.2) is 22.6 Å². The van der Waals surface area contributed by atoms with Gasteiger partial charge in [-0.1, -0.05) is 0 Å². The number of hydrogen-bond donors (Lipinski definition) is 0. The molecule has 0 spiro atoms. The predicted molar refractivity (Wildman–Crippen MR) is 47.7 cm³/mol. The second kappa shape index (κ2) is 4.36. The number of halogens is 3. The Hall–Kier alpha value is -2.19. The van der Waals surface area contributed by atoms with Crippen molar-refractivity contribution in [3.8, 4) is 5.75 Å². The molecule has 9 heteroatoms. The van der Waals surface area contributed by atoms with Crippen LogP contribution in [0.3, 0.4) is 0 Å². The number of carbonyl (C=O) groups excluding carboxylic acids is 1. The number of aryl methyl sites for hydroxylation is 1. The van der Waals surface area contributed by atoms with E-state index in [0.29, 0.717) is 6.07 Å². The molecule has 1 rings (SSSR count). The minimum absolute atomic E-state index is 0.167. The SMILES string of the molecule is Cc1nc(C=O)cc(OC(F)(F)F)c1[N+](=O)[O-]. The molecule has 0 unspecified atom stereocenters. The fourth-order valence-corrected chi connectivity index (χ4v) is 1.14. The largest absolute Gasteiger partial charge is 0.573 e. The number of nitrogens with zero attached hydrogens (tertiary/aromatic N) is 2. The number of aromatic nitrogens is 1. The highest BCUT2D eigenvalue weighted by atomic mass is 19.4. The van der Waals surface area contributed by atoms with E-state index in [1.54, 1.807) is 0 Å². The Kier molecular flexibility index (Phi) is 3.30. The normalized spacial score (nSPS) is 11.1. The zero-order valence-electron chi connectivity index (χ0n) is 8.32. The Morgan fingerprint density at radius 3 is 2.53 bits per heavy atom. The molecule has 0 aliphatic rings. The van der Waals surface area contributed by atoms with E-state index in [1.165, 1.54) is 0 Å². The molecular formula is C8H5F3N2O4. The molecule has 0 fully saturated rings. The Labute approximate surface area is 92.2 Å². The van der Waals surface area contributed by atoms with Gasteiger partial charge < -0.3 is 4.74 Å². The second-order valence-corrected chi connectivity index (χ2v) is 2.90. The molecule has 17 heavy (non-hydrogen) atoms. The van der Waals surface area contributed by atoms with Gasteiger partial charge in [-0.3, -0.25) is 14.9 Å². The molecule has 92 valence electrons. The molecule has 0 radical (unpaired) electrons. The lowest BCUT2D eigenvalue weighted by Crippen LogP contribution is -2.18. The standard InChI is InChI=1S/C8H5F3N2O4/c1-4-7(13(15)16)6(17-8(9,10)11)2-5(3-14)12-4/h2-3H,1H3. The smallest absolute Gasteiger partial charge is 0.398 e. The average Bonchev–Trinajstić information content (AvgIpc) is 2.13. The summed E-state index contributed by atoms with van der Waals surface area (Å²) >= 11 is 0. The molecule has 0 atom stereocenters. The molecule has 1 heterocycles. The minimum Gasteiger partial charge on any atom is -0.398 e. The third kappa shape index (κ3) is 3.13. The van der Waals surface area contributed by atoms with Crippen molar-refractivity contribution in [2.75, 3.05) is 0 Å². The van der Waals surface area contributed by atoms with Gasteiger partial charge >= 0.3 is 12.0 Å². The summed E-state index contributed by atoms with van der Waals surface area (Å²) in [7, 11) is 0. The Bertz CT molecular complexity index is 473. The molecule has 0 aliphatic heterocycles. The van der Waals surface area contributed by atoms with Gasteiger partial charge in [0.05, 0.1) is 4.92 Å².